The summed E-state index contributed by atoms with van der Waals surface area (Å²) < 4.78 is 0. The monoisotopic (exact) mass is 303 g/mol. The van der Waals surface area contributed by atoms with E-state index in [1.165, 1.54) is 5.56 Å². The van der Waals surface area contributed by atoms with Gasteiger partial charge in [-0.15, -0.1) is 0 Å². The van der Waals surface area contributed by atoms with E-state index in [-0.39, 0.29) is 11.9 Å². The van der Waals surface area contributed by atoms with Crippen LogP contribution in [0.5, 0.6) is 0 Å². The lowest BCUT2D eigenvalue weighted by molar-refractivity contribution is -0.123. The number of nitrogens with zero attached hydrogens (tertiary/aromatic N) is 1. The summed E-state index contributed by atoms with van der Waals surface area (Å²) in [6, 6.07) is 7.54. The van der Waals surface area contributed by atoms with Gasteiger partial charge >= 0.3 is 0 Å². The van der Waals surface area contributed by atoms with Gasteiger partial charge in [0.15, 0.2) is 0 Å². The van der Waals surface area contributed by atoms with Crippen molar-refractivity contribution in [2.24, 2.45) is 11.7 Å². The number of likely N-dealkylation sites (tertiary alicyclic amines) is 1. The smallest absolute Gasteiger partial charge is 0.241 e. The summed E-state index contributed by atoms with van der Waals surface area (Å²) in [5.41, 5.74) is 8.13. The van der Waals surface area contributed by atoms with Gasteiger partial charge < -0.3 is 16.0 Å². The molecule has 0 saturated carbocycles. The molecule has 1 saturated heterocycles. The van der Waals surface area contributed by atoms with Crippen LogP contribution in [0.25, 0.3) is 0 Å². The van der Waals surface area contributed by atoms with Crippen LogP contribution in [0, 0.1) is 12.8 Å². The number of aryl methyl sites for hydroxylation is 1. The van der Waals surface area contributed by atoms with Crippen LogP contribution < -0.4 is 11.1 Å². The van der Waals surface area contributed by atoms with Gasteiger partial charge in [-0.1, -0.05) is 43.7 Å². The molecule has 1 aromatic carbocycles. The lowest BCUT2D eigenvalue weighted by Gasteiger charge is -2.33. The zero-order chi connectivity index (χ0) is 16.1. The van der Waals surface area contributed by atoms with Crippen molar-refractivity contribution in [3.8, 4) is 0 Å². The van der Waals surface area contributed by atoms with Crippen LogP contribution in [0.2, 0.25) is 0 Å². The number of carbonyl (C=O) groups excluding carboxylic acids is 1. The molecular formula is C18H29N3O. The number of hydrogen-bond donors (Lipinski definition) is 2. The van der Waals surface area contributed by atoms with Gasteiger partial charge in [0.2, 0.25) is 5.91 Å². The summed E-state index contributed by atoms with van der Waals surface area (Å²) >= 11 is 0. The highest BCUT2D eigenvalue weighted by atomic mass is 16.2. The standard InChI is InChI=1S/C18H29N3O/c1-13(2)12-21-10-8-16(9-11-21)20-18(22)17(19)15-6-4-14(3)5-7-15/h4-7,13,16-17H,8-12,19H2,1-3H3,(H,20,22). The van der Waals surface area contributed by atoms with Crippen molar-refractivity contribution in [3.05, 3.63) is 35.4 Å². The Morgan fingerprint density at radius 3 is 2.41 bits per heavy atom. The molecule has 4 nitrogen and oxygen atoms in total. The number of carbonyl (C=O) groups is 1. The highest BCUT2D eigenvalue weighted by Gasteiger charge is 2.23. The number of rotatable bonds is 5. The third-order valence-electron chi connectivity index (χ3n) is 4.28. The van der Waals surface area contributed by atoms with Crippen molar-refractivity contribution >= 4 is 5.91 Å². The van der Waals surface area contributed by atoms with E-state index in [1.54, 1.807) is 0 Å². The predicted octanol–water partition coefficient (Wildman–Crippen LogP) is 2.23. The van der Waals surface area contributed by atoms with Gasteiger partial charge in [-0.25, -0.2) is 0 Å². The lowest BCUT2D eigenvalue weighted by atomic mass is 10.0. The minimum atomic E-state index is -0.575. The summed E-state index contributed by atoms with van der Waals surface area (Å²) in [5.74, 6) is 0.632. The fourth-order valence-corrected chi connectivity index (χ4v) is 2.99. The van der Waals surface area contributed by atoms with Gasteiger partial charge in [0.05, 0.1) is 0 Å². The Bertz CT molecular complexity index is 476. The summed E-state index contributed by atoms with van der Waals surface area (Å²) in [6.07, 6.45) is 2.03. The normalized spacial score (nSPS) is 18.4. The number of amides is 1. The summed E-state index contributed by atoms with van der Waals surface area (Å²) in [5, 5.41) is 3.11. The Labute approximate surface area is 134 Å². The van der Waals surface area contributed by atoms with Crippen molar-refractivity contribution in [3.63, 3.8) is 0 Å². The SMILES string of the molecule is Cc1ccc(C(N)C(=O)NC2CCN(CC(C)C)CC2)cc1. The third-order valence-corrected chi connectivity index (χ3v) is 4.28. The van der Waals surface area contributed by atoms with Crippen LogP contribution in [0.3, 0.4) is 0 Å². The largest absolute Gasteiger partial charge is 0.352 e. The maximum absolute atomic E-state index is 12.3. The average Bonchev–Trinajstić information content (AvgIpc) is 2.49. The zero-order valence-electron chi connectivity index (χ0n) is 14.0. The fourth-order valence-electron chi connectivity index (χ4n) is 2.99. The Hall–Kier alpha value is -1.39. The lowest BCUT2D eigenvalue weighted by Crippen LogP contribution is -2.47. The number of piperidine rings is 1. The first-order valence-electron chi connectivity index (χ1n) is 8.30. The molecule has 0 radical (unpaired) electrons. The number of nitrogens with one attached hydrogen (secondary N) is 1. The quantitative estimate of drug-likeness (QED) is 0.877. The van der Waals surface area contributed by atoms with Gasteiger partial charge in [0, 0.05) is 25.7 Å². The Kier molecular flexibility index (Phi) is 5.98. The van der Waals surface area contributed by atoms with Gasteiger partial charge in [-0.2, -0.15) is 0 Å². The number of benzene rings is 1. The van der Waals surface area contributed by atoms with Gasteiger partial charge in [0.25, 0.3) is 0 Å². The first-order valence-corrected chi connectivity index (χ1v) is 8.30. The topological polar surface area (TPSA) is 58.4 Å². The van der Waals surface area contributed by atoms with Crippen molar-refractivity contribution in [2.45, 2.75) is 45.7 Å². The van der Waals surface area contributed by atoms with Crippen molar-refractivity contribution in [1.29, 1.82) is 0 Å². The van der Waals surface area contributed by atoms with E-state index < -0.39 is 6.04 Å². The molecule has 1 atom stereocenters. The molecule has 4 heteroatoms. The summed E-state index contributed by atoms with van der Waals surface area (Å²) in [4.78, 5) is 14.8. The second-order valence-corrected chi connectivity index (χ2v) is 6.87. The molecule has 3 N–H and O–H groups in total. The molecule has 22 heavy (non-hydrogen) atoms. The highest BCUT2D eigenvalue weighted by molar-refractivity contribution is 5.83. The Morgan fingerprint density at radius 1 is 1.27 bits per heavy atom. The molecule has 1 unspecified atom stereocenters. The summed E-state index contributed by atoms with van der Waals surface area (Å²) in [7, 11) is 0. The second kappa shape index (κ2) is 7.75. The maximum Gasteiger partial charge on any atom is 0.241 e. The molecule has 0 aromatic heterocycles. The Balaban J connectivity index is 1.81. The molecule has 1 aliphatic heterocycles. The van der Waals surface area contributed by atoms with Crippen molar-refractivity contribution < 1.29 is 4.79 Å². The highest BCUT2D eigenvalue weighted by Crippen LogP contribution is 2.15. The molecule has 1 heterocycles. The van der Waals surface area contributed by atoms with Crippen LogP contribution in [-0.2, 0) is 4.79 Å². The third kappa shape index (κ3) is 4.82. The van der Waals surface area contributed by atoms with Gasteiger partial charge in [-0.05, 0) is 31.2 Å². The van der Waals surface area contributed by atoms with E-state index in [4.69, 9.17) is 5.73 Å². The molecule has 122 valence electrons. The molecule has 1 aromatic rings. The van der Waals surface area contributed by atoms with E-state index in [0.29, 0.717) is 5.92 Å². The molecule has 0 bridgehead atoms. The van der Waals surface area contributed by atoms with Crippen LogP contribution in [0.15, 0.2) is 24.3 Å². The zero-order valence-corrected chi connectivity index (χ0v) is 14.0. The Morgan fingerprint density at radius 2 is 1.86 bits per heavy atom. The molecule has 1 amide bonds. The van der Waals surface area contributed by atoms with E-state index >= 15 is 0 Å². The maximum atomic E-state index is 12.3. The molecule has 1 fully saturated rings. The number of hydrogen-bond acceptors (Lipinski definition) is 3. The van der Waals surface area contributed by atoms with Crippen LogP contribution >= 0.6 is 0 Å². The molecule has 0 spiro atoms. The molecule has 0 aliphatic carbocycles. The van der Waals surface area contributed by atoms with E-state index in [2.05, 4.69) is 24.1 Å². The minimum absolute atomic E-state index is 0.0637. The fraction of sp³-hybridized carbons (Fsp3) is 0.611. The second-order valence-electron chi connectivity index (χ2n) is 6.87. The molecule has 1 aliphatic rings. The first kappa shape index (κ1) is 17.0. The van der Waals surface area contributed by atoms with Crippen LogP contribution in [-0.4, -0.2) is 36.5 Å². The van der Waals surface area contributed by atoms with E-state index in [9.17, 15) is 4.79 Å². The summed E-state index contributed by atoms with van der Waals surface area (Å²) in [6.45, 7) is 9.78. The van der Waals surface area contributed by atoms with Crippen LogP contribution in [0.4, 0.5) is 0 Å². The molecular weight excluding hydrogens is 274 g/mol. The van der Waals surface area contributed by atoms with E-state index in [1.807, 2.05) is 31.2 Å². The average molecular weight is 303 g/mol. The number of nitrogens with two attached hydrogens (primary N) is 1. The van der Waals surface area contributed by atoms with Crippen LogP contribution in [0.1, 0.15) is 43.9 Å². The molecule has 2 rings (SSSR count). The van der Waals surface area contributed by atoms with Gasteiger partial charge in [0.1, 0.15) is 6.04 Å². The predicted molar refractivity (Wildman–Crippen MR) is 90.6 cm³/mol. The van der Waals surface area contributed by atoms with E-state index in [0.717, 1.165) is 38.0 Å². The van der Waals surface area contributed by atoms with Gasteiger partial charge in [-0.3, -0.25) is 4.79 Å². The van der Waals surface area contributed by atoms with Crippen molar-refractivity contribution in [1.82, 2.24) is 10.2 Å². The minimum Gasteiger partial charge on any atom is -0.352 e. The van der Waals surface area contributed by atoms with Crippen molar-refractivity contribution in [2.75, 3.05) is 19.6 Å². The first-order chi connectivity index (χ1) is 10.5.